The molecule has 0 aliphatic carbocycles. The van der Waals surface area contributed by atoms with Gasteiger partial charge in [0.05, 0.1) is 5.60 Å². The predicted molar refractivity (Wildman–Crippen MR) is 102 cm³/mol. The molecule has 0 radical (unpaired) electrons. The van der Waals surface area contributed by atoms with Crippen LogP contribution in [0.1, 0.15) is 57.3 Å². The van der Waals surface area contributed by atoms with Crippen LogP contribution in [0.25, 0.3) is 0 Å². The minimum absolute atomic E-state index is 0.0115. The van der Waals surface area contributed by atoms with Crippen LogP contribution in [0.5, 0.6) is 0 Å². The van der Waals surface area contributed by atoms with E-state index in [2.05, 4.69) is 5.32 Å². The number of carbonyl (C=O) groups excluding carboxylic acids is 3. The summed E-state index contributed by atoms with van der Waals surface area (Å²) in [5.74, 6) is -0.186. The van der Waals surface area contributed by atoms with Crippen molar-refractivity contribution in [3.8, 4) is 0 Å². The number of hydrogen-bond donors (Lipinski definition) is 2. The Morgan fingerprint density at radius 3 is 2.19 bits per heavy atom. The van der Waals surface area contributed by atoms with E-state index in [9.17, 15) is 19.5 Å². The average Bonchev–Trinajstić information content (AvgIpc) is 2.53. The van der Waals surface area contributed by atoms with E-state index in [0.29, 0.717) is 37.2 Å². The van der Waals surface area contributed by atoms with Gasteiger partial charge in [-0.15, -0.1) is 0 Å². The summed E-state index contributed by atoms with van der Waals surface area (Å²) in [5.41, 5.74) is -0.689. The normalized spacial score (nSPS) is 16.6. The number of carbonyl (C=O) groups is 3. The largest absolute Gasteiger partial charge is 0.444 e. The Morgan fingerprint density at radius 2 is 1.70 bits per heavy atom. The van der Waals surface area contributed by atoms with Crippen LogP contribution in [0, 0.1) is 0 Å². The smallest absolute Gasteiger partial charge is 0.412 e. The molecule has 2 rings (SSSR count). The van der Waals surface area contributed by atoms with Crippen molar-refractivity contribution in [2.24, 2.45) is 0 Å². The molecule has 2 amide bonds. The monoisotopic (exact) mass is 376 g/mol. The van der Waals surface area contributed by atoms with Crippen LogP contribution in [0.4, 0.5) is 10.5 Å². The summed E-state index contributed by atoms with van der Waals surface area (Å²) < 4.78 is 5.18. The van der Waals surface area contributed by atoms with Gasteiger partial charge in [-0.3, -0.25) is 14.9 Å². The van der Waals surface area contributed by atoms with Gasteiger partial charge in [0.25, 0.3) is 0 Å². The van der Waals surface area contributed by atoms with Crippen molar-refractivity contribution in [2.45, 2.75) is 58.2 Å². The summed E-state index contributed by atoms with van der Waals surface area (Å²) in [6.45, 7) is 7.75. The van der Waals surface area contributed by atoms with Gasteiger partial charge >= 0.3 is 6.09 Å². The van der Waals surface area contributed by atoms with Crippen LogP contribution in [0.2, 0.25) is 0 Å². The topological polar surface area (TPSA) is 95.9 Å². The number of piperidine rings is 1. The van der Waals surface area contributed by atoms with E-state index in [-0.39, 0.29) is 18.1 Å². The number of nitrogens with zero attached hydrogens (tertiary/aromatic N) is 1. The molecule has 0 bridgehead atoms. The van der Waals surface area contributed by atoms with Crippen molar-refractivity contribution in [1.82, 2.24) is 4.90 Å². The van der Waals surface area contributed by atoms with Gasteiger partial charge in [-0.1, -0.05) is 0 Å². The zero-order valence-electron chi connectivity index (χ0n) is 16.4. The summed E-state index contributed by atoms with van der Waals surface area (Å²) in [6, 6.07) is 6.48. The zero-order valence-corrected chi connectivity index (χ0v) is 16.4. The molecular formula is C20H28N2O5. The maximum Gasteiger partial charge on any atom is 0.412 e. The molecule has 1 heterocycles. The molecule has 7 heteroatoms. The standard InChI is InChI=1S/C20H28N2O5/c1-14(23)22-11-9-20(26,10-12-22)13-17(24)15-5-7-16(8-6-15)21-18(25)27-19(2,3)4/h5-8,26H,9-13H2,1-4H3,(H,21,25). The molecule has 1 aromatic rings. The Morgan fingerprint density at radius 1 is 1.15 bits per heavy atom. The Kier molecular flexibility index (Phi) is 6.26. The lowest BCUT2D eigenvalue weighted by atomic mass is 9.85. The number of rotatable bonds is 4. The number of amides is 2. The van der Waals surface area contributed by atoms with Crippen molar-refractivity contribution in [1.29, 1.82) is 0 Å². The second kappa shape index (κ2) is 8.08. The quantitative estimate of drug-likeness (QED) is 0.788. The summed E-state index contributed by atoms with van der Waals surface area (Å²) in [5, 5.41) is 13.3. The first-order chi connectivity index (χ1) is 12.5. The molecule has 0 aromatic heterocycles. The summed E-state index contributed by atoms with van der Waals surface area (Å²) >= 11 is 0. The van der Waals surface area contributed by atoms with E-state index < -0.39 is 17.3 Å². The molecule has 1 aliphatic rings. The van der Waals surface area contributed by atoms with Crippen molar-refractivity contribution in [3.63, 3.8) is 0 Å². The van der Waals surface area contributed by atoms with Crippen LogP contribution < -0.4 is 5.32 Å². The molecule has 0 saturated carbocycles. The van der Waals surface area contributed by atoms with E-state index in [4.69, 9.17) is 4.74 Å². The summed E-state index contributed by atoms with van der Waals surface area (Å²) in [7, 11) is 0. The van der Waals surface area contributed by atoms with E-state index in [1.54, 1.807) is 49.9 Å². The number of aliphatic hydroxyl groups is 1. The van der Waals surface area contributed by atoms with Gasteiger partial charge in [-0.25, -0.2) is 4.79 Å². The molecule has 27 heavy (non-hydrogen) atoms. The second-order valence-corrected chi connectivity index (χ2v) is 8.03. The number of ketones is 1. The molecule has 0 spiro atoms. The number of Topliss-reactive ketones (excluding diaryl/α,β-unsaturated/α-hetero) is 1. The van der Waals surface area contributed by atoms with Crippen LogP contribution in [0.15, 0.2) is 24.3 Å². The molecule has 1 aromatic carbocycles. The van der Waals surface area contributed by atoms with Gasteiger partial charge in [-0.2, -0.15) is 0 Å². The Balaban J connectivity index is 1.92. The average molecular weight is 376 g/mol. The first kappa shape index (κ1) is 20.9. The molecule has 1 saturated heterocycles. The molecule has 7 nitrogen and oxygen atoms in total. The third kappa shape index (κ3) is 6.36. The molecular weight excluding hydrogens is 348 g/mol. The predicted octanol–water partition coefficient (Wildman–Crippen LogP) is 2.98. The number of likely N-dealkylation sites (tertiary alicyclic amines) is 1. The lowest BCUT2D eigenvalue weighted by Crippen LogP contribution is -2.47. The van der Waals surface area contributed by atoms with Gasteiger partial charge in [0.2, 0.25) is 5.91 Å². The third-order valence-electron chi connectivity index (χ3n) is 4.48. The fourth-order valence-electron chi connectivity index (χ4n) is 2.98. The Hall–Kier alpha value is -2.41. The van der Waals surface area contributed by atoms with E-state index in [0.717, 1.165) is 0 Å². The Labute approximate surface area is 159 Å². The van der Waals surface area contributed by atoms with E-state index >= 15 is 0 Å². The minimum Gasteiger partial charge on any atom is -0.444 e. The van der Waals surface area contributed by atoms with Crippen molar-refractivity contribution in [2.75, 3.05) is 18.4 Å². The molecule has 2 N–H and O–H groups in total. The number of ether oxygens (including phenoxy) is 1. The van der Waals surface area contributed by atoms with Crippen LogP contribution in [-0.2, 0) is 9.53 Å². The maximum absolute atomic E-state index is 12.5. The maximum atomic E-state index is 12.5. The van der Waals surface area contributed by atoms with Gasteiger partial charge in [0.1, 0.15) is 5.60 Å². The minimum atomic E-state index is -1.09. The van der Waals surface area contributed by atoms with Gasteiger partial charge in [0, 0.05) is 37.7 Å². The lowest BCUT2D eigenvalue weighted by Gasteiger charge is -2.37. The molecule has 1 aliphatic heterocycles. The highest BCUT2D eigenvalue weighted by molar-refractivity contribution is 5.97. The molecule has 0 unspecified atom stereocenters. The summed E-state index contributed by atoms with van der Waals surface area (Å²) in [6.07, 6.45) is 0.221. The number of nitrogens with one attached hydrogen (secondary N) is 1. The highest BCUT2D eigenvalue weighted by atomic mass is 16.6. The van der Waals surface area contributed by atoms with E-state index in [1.807, 2.05) is 0 Å². The first-order valence-corrected chi connectivity index (χ1v) is 9.09. The SMILES string of the molecule is CC(=O)N1CCC(O)(CC(=O)c2ccc(NC(=O)OC(C)(C)C)cc2)CC1. The number of hydrogen-bond acceptors (Lipinski definition) is 5. The fraction of sp³-hybridized carbons (Fsp3) is 0.550. The van der Waals surface area contributed by atoms with Crippen LogP contribution >= 0.6 is 0 Å². The van der Waals surface area contributed by atoms with Crippen LogP contribution in [0.3, 0.4) is 0 Å². The van der Waals surface area contributed by atoms with Gasteiger partial charge < -0.3 is 14.7 Å². The summed E-state index contributed by atoms with van der Waals surface area (Å²) in [4.78, 5) is 37.3. The van der Waals surface area contributed by atoms with Gasteiger partial charge in [-0.05, 0) is 57.9 Å². The highest BCUT2D eigenvalue weighted by Gasteiger charge is 2.35. The second-order valence-electron chi connectivity index (χ2n) is 8.03. The molecule has 1 fully saturated rings. The first-order valence-electron chi connectivity index (χ1n) is 9.09. The van der Waals surface area contributed by atoms with E-state index in [1.165, 1.54) is 6.92 Å². The van der Waals surface area contributed by atoms with Crippen molar-refractivity contribution in [3.05, 3.63) is 29.8 Å². The number of anilines is 1. The lowest BCUT2D eigenvalue weighted by molar-refractivity contribution is -0.132. The number of benzene rings is 1. The highest BCUT2D eigenvalue weighted by Crippen LogP contribution is 2.27. The fourth-order valence-corrected chi connectivity index (χ4v) is 2.98. The molecule has 148 valence electrons. The third-order valence-corrected chi connectivity index (χ3v) is 4.48. The Bertz CT molecular complexity index is 698. The van der Waals surface area contributed by atoms with Gasteiger partial charge in [0.15, 0.2) is 5.78 Å². The molecule has 0 atom stereocenters. The van der Waals surface area contributed by atoms with Crippen molar-refractivity contribution < 1.29 is 24.2 Å². The zero-order chi connectivity index (χ0) is 20.2. The van der Waals surface area contributed by atoms with Crippen molar-refractivity contribution >= 4 is 23.5 Å². The van der Waals surface area contributed by atoms with Crippen LogP contribution in [-0.4, -0.2) is 52.1 Å².